The van der Waals surface area contributed by atoms with Gasteiger partial charge in [0.15, 0.2) is 0 Å². The Kier molecular flexibility index (Phi) is 4.83. The fourth-order valence-electron chi connectivity index (χ4n) is 1.76. The van der Waals surface area contributed by atoms with Crippen LogP contribution in [0.3, 0.4) is 0 Å². The van der Waals surface area contributed by atoms with Crippen LogP contribution in [0.5, 0.6) is 0 Å². The normalized spacial score (nSPS) is 10.2. The van der Waals surface area contributed by atoms with Crippen LogP contribution in [0.1, 0.15) is 5.56 Å². The van der Waals surface area contributed by atoms with Gasteiger partial charge >= 0.3 is 0 Å². The van der Waals surface area contributed by atoms with Gasteiger partial charge in [0.2, 0.25) is 5.91 Å². The fraction of sp³-hybridized carbons (Fsp3) is 0.0667. The molecule has 0 atom stereocenters. The third kappa shape index (κ3) is 3.97. The van der Waals surface area contributed by atoms with Crippen LogP contribution in [-0.4, -0.2) is 10.5 Å². The van der Waals surface area contributed by atoms with Gasteiger partial charge in [-0.2, -0.15) is 0 Å². The van der Waals surface area contributed by atoms with Crippen molar-refractivity contribution in [1.82, 2.24) is 4.57 Å². The van der Waals surface area contributed by atoms with Crippen molar-refractivity contribution >= 4 is 34.8 Å². The molecule has 2 aromatic rings. The van der Waals surface area contributed by atoms with Crippen molar-refractivity contribution in [3.8, 4) is 0 Å². The number of nitrogens with zero attached hydrogens (tertiary/aromatic N) is 1. The minimum Gasteiger partial charge on any atom is -0.321 e. The van der Waals surface area contributed by atoms with Gasteiger partial charge in [-0.15, -0.1) is 0 Å². The second-order valence-corrected chi connectivity index (χ2v) is 5.14. The first kappa shape index (κ1) is 15.4. The molecule has 1 aromatic carbocycles. The van der Waals surface area contributed by atoms with Crippen LogP contribution >= 0.6 is 23.2 Å². The number of anilines is 1. The Hall–Kier alpha value is -2.04. The lowest BCUT2D eigenvalue weighted by atomic mass is 10.2. The van der Waals surface area contributed by atoms with Crippen molar-refractivity contribution < 1.29 is 4.79 Å². The summed E-state index contributed by atoms with van der Waals surface area (Å²) in [5.41, 5.74) is 1.16. The lowest BCUT2D eigenvalue weighted by molar-refractivity contribution is -0.111. The molecule has 1 heterocycles. The molecule has 6 heteroatoms. The first-order valence-electron chi connectivity index (χ1n) is 6.07. The van der Waals surface area contributed by atoms with E-state index in [9.17, 15) is 9.59 Å². The molecule has 0 spiro atoms. The van der Waals surface area contributed by atoms with Gasteiger partial charge in [-0.05, 0) is 29.8 Å². The van der Waals surface area contributed by atoms with Gasteiger partial charge in [0.05, 0.1) is 22.3 Å². The number of hydrogen-bond donors (Lipinski definition) is 1. The van der Waals surface area contributed by atoms with Gasteiger partial charge in [0.1, 0.15) is 0 Å². The molecule has 0 aliphatic rings. The van der Waals surface area contributed by atoms with Crippen LogP contribution in [0, 0.1) is 0 Å². The quantitative estimate of drug-likeness (QED) is 0.878. The summed E-state index contributed by atoms with van der Waals surface area (Å²) < 4.78 is 1.47. The van der Waals surface area contributed by atoms with Crippen LogP contribution in [0.15, 0.2) is 54.0 Å². The second-order valence-electron chi connectivity index (χ2n) is 4.33. The lowest BCUT2D eigenvalue weighted by Crippen LogP contribution is -2.20. The number of benzene rings is 1. The Morgan fingerprint density at radius 1 is 1.24 bits per heavy atom. The molecule has 21 heavy (non-hydrogen) atoms. The van der Waals surface area contributed by atoms with E-state index in [-0.39, 0.29) is 11.5 Å². The maximum Gasteiger partial charge on any atom is 0.250 e. The largest absolute Gasteiger partial charge is 0.321 e. The highest BCUT2D eigenvalue weighted by Gasteiger charge is 2.04. The summed E-state index contributed by atoms with van der Waals surface area (Å²) in [6.45, 7) is 3.70. The maximum atomic E-state index is 11.9. The highest BCUT2D eigenvalue weighted by Crippen LogP contribution is 2.22. The molecular formula is C15H12Cl2N2O2. The molecule has 0 unspecified atom stereocenters. The third-order valence-corrected chi connectivity index (χ3v) is 3.51. The topological polar surface area (TPSA) is 51.1 Å². The van der Waals surface area contributed by atoms with Gasteiger partial charge in [-0.1, -0.05) is 35.8 Å². The molecule has 0 saturated heterocycles. The van der Waals surface area contributed by atoms with Crippen LogP contribution < -0.4 is 10.9 Å². The van der Waals surface area contributed by atoms with Crippen LogP contribution in [0.4, 0.5) is 5.69 Å². The summed E-state index contributed by atoms with van der Waals surface area (Å²) >= 11 is 11.8. The molecule has 4 nitrogen and oxygen atoms in total. The zero-order valence-electron chi connectivity index (χ0n) is 11.0. The Morgan fingerprint density at radius 3 is 2.67 bits per heavy atom. The minimum atomic E-state index is -0.338. The number of halogens is 2. The van der Waals surface area contributed by atoms with E-state index in [1.54, 1.807) is 24.4 Å². The van der Waals surface area contributed by atoms with E-state index < -0.39 is 0 Å². The number of carbonyl (C=O) groups excluding carboxylic acids is 1. The van der Waals surface area contributed by atoms with E-state index in [0.29, 0.717) is 22.3 Å². The molecule has 108 valence electrons. The SMILES string of the molecule is C=CC(=O)Nc1ccc(=O)n(Cc2ccc(Cl)c(Cl)c2)c1. The molecule has 0 bridgehead atoms. The monoisotopic (exact) mass is 322 g/mol. The van der Waals surface area contributed by atoms with Crippen molar-refractivity contribution in [1.29, 1.82) is 0 Å². The fourth-order valence-corrected chi connectivity index (χ4v) is 2.08. The van der Waals surface area contributed by atoms with E-state index in [1.165, 1.54) is 16.7 Å². The Bertz CT molecular complexity index is 754. The van der Waals surface area contributed by atoms with Crippen molar-refractivity contribution in [3.63, 3.8) is 0 Å². The standard InChI is InChI=1S/C15H12Cl2N2O2/c1-2-14(20)18-11-4-6-15(21)19(9-11)8-10-3-5-12(16)13(17)7-10/h2-7,9H,1,8H2,(H,18,20). The number of rotatable bonds is 4. The van der Waals surface area contributed by atoms with Gasteiger partial charge in [-0.25, -0.2) is 0 Å². The van der Waals surface area contributed by atoms with Crippen molar-refractivity contribution in [2.45, 2.75) is 6.54 Å². The van der Waals surface area contributed by atoms with E-state index in [0.717, 1.165) is 11.6 Å². The predicted octanol–water partition coefficient (Wildman–Crippen LogP) is 3.33. The van der Waals surface area contributed by atoms with Gasteiger partial charge in [0, 0.05) is 12.3 Å². The Balaban J connectivity index is 2.28. The molecule has 0 fully saturated rings. The lowest BCUT2D eigenvalue weighted by Gasteiger charge is -2.09. The average molecular weight is 323 g/mol. The van der Waals surface area contributed by atoms with Crippen LogP contribution in [-0.2, 0) is 11.3 Å². The van der Waals surface area contributed by atoms with Crippen molar-refractivity contribution in [3.05, 3.63) is 75.1 Å². The number of pyridine rings is 1. The highest BCUT2D eigenvalue weighted by atomic mass is 35.5. The van der Waals surface area contributed by atoms with Gasteiger partial charge in [-0.3, -0.25) is 9.59 Å². The summed E-state index contributed by atoms with van der Waals surface area (Å²) in [4.78, 5) is 23.1. The van der Waals surface area contributed by atoms with Crippen molar-refractivity contribution in [2.75, 3.05) is 5.32 Å². The zero-order chi connectivity index (χ0) is 15.4. The average Bonchev–Trinajstić information content (AvgIpc) is 2.46. The number of hydrogen-bond acceptors (Lipinski definition) is 2. The summed E-state index contributed by atoms with van der Waals surface area (Å²) in [5, 5.41) is 3.49. The maximum absolute atomic E-state index is 11.9. The van der Waals surface area contributed by atoms with Crippen LogP contribution in [0.25, 0.3) is 0 Å². The van der Waals surface area contributed by atoms with Gasteiger partial charge < -0.3 is 9.88 Å². The zero-order valence-corrected chi connectivity index (χ0v) is 12.5. The van der Waals surface area contributed by atoms with E-state index in [1.807, 2.05) is 0 Å². The minimum absolute atomic E-state index is 0.183. The molecule has 1 aromatic heterocycles. The molecule has 0 aliphatic heterocycles. The first-order valence-corrected chi connectivity index (χ1v) is 6.83. The van der Waals surface area contributed by atoms with Crippen molar-refractivity contribution in [2.24, 2.45) is 0 Å². The molecule has 2 rings (SSSR count). The predicted molar refractivity (Wildman–Crippen MR) is 85.1 cm³/mol. The smallest absolute Gasteiger partial charge is 0.250 e. The molecular weight excluding hydrogens is 311 g/mol. The summed E-state index contributed by atoms with van der Waals surface area (Å²) in [6, 6.07) is 8.08. The van der Waals surface area contributed by atoms with Gasteiger partial charge in [0.25, 0.3) is 5.56 Å². The first-order chi connectivity index (χ1) is 9.99. The summed E-state index contributed by atoms with van der Waals surface area (Å²) in [5.74, 6) is -0.338. The Labute approximate surface area is 131 Å². The molecule has 0 aliphatic carbocycles. The summed E-state index contributed by atoms with van der Waals surface area (Å²) in [6.07, 6.45) is 2.72. The summed E-state index contributed by atoms with van der Waals surface area (Å²) in [7, 11) is 0. The number of nitrogens with one attached hydrogen (secondary N) is 1. The van der Waals surface area contributed by atoms with E-state index >= 15 is 0 Å². The second kappa shape index (κ2) is 6.61. The molecule has 1 amide bonds. The van der Waals surface area contributed by atoms with E-state index in [4.69, 9.17) is 23.2 Å². The third-order valence-electron chi connectivity index (χ3n) is 2.77. The number of carbonyl (C=O) groups is 1. The number of amides is 1. The van der Waals surface area contributed by atoms with Crippen LogP contribution in [0.2, 0.25) is 10.0 Å². The van der Waals surface area contributed by atoms with E-state index in [2.05, 4.69) is 11.9 Å². The number of aromatic nitrogens is 1. The Morgan fingerprint density at radius 2 is 2.00 bits per heavy atom. The molecule has 0 saturated carbocycles. The molecule has 0 radical (unpaired) electrons. The highest BCUT2D eigenvalue weighted by molar-refractivity contribution is 6.42. The molecule has 1 N–H and O–H groups in total.